The molecule has 0 bridgehead atoms. The van der Waals surface area contributed by atoms with Crippen molar-refractivity contribution in [3.05, 3.63) is 40.0 Å². The zero-order chi connectivity index (χ0) is 8.97. The summed E-state index contributed by atoms with van der Waals surface area (Å²) in [5.41, 5.74) is 2.30. The third-order valence-electron chi connectivity index (χ3n) is 1.42. The van der Waals surface area contributed by atoms with E-state index in [0.29, 0.717) is 0 Å². The molecule has 64 valence electrons. The Morgan fingerprint density at radius 2 is 2.33 bits per heavy atom. The molecule has 0 aliphatic rings. The minimum Gasteiger partial charge on any atom is -0.381 e. The molecule has 2 heteroatoms. The molecule has 0 saturated heterocycles. The number of anilines is 1. The summed E-state index contributed by atoms with van der Waals surface area (Å²) in [5, 5.41) is 3.28. The molecule has 0 heterocycles. The van der Waals surface area contributed by atoms with Crippen LogP contribution >= 0.6 is 22.6 Å². The van der Waals surface area contributed by atoms with Crippen molar-refractivity contribution in [1.29, 1.82) is 0 Å². The van der Waals surface area contributed by atoms with Gasteiger partial charge in [-0.15, -0.1) is 0 Å². The van der Waals surface area contributed by atoms with Crippen LogP contribution in [0.3, 0.4) is 0 Å². The molecule has 0 fully saturated rings. The van der Waals surface area contributed by atoms with Gasteiger partial charge in [0, 0.05) is 15.8 Å². The average molecular weight is 273 g/mol. The van der Waals surface area contributed by atoms with E-state index in [9.17, 15) is 0 Å². The van der Waals surface area contributed by atoms with Crippen LogP contribution in [0.2, 0.25) is 0 Å². The van der Waals surface area contributed by atoms with E-state index in [-0.39, 0.29) is 0 Å². The van der Waals surface area contributed by atoms with Crippen LogP contribution in [0.1, 0.15) is 6.92 Å². The predicted octanol–water partition coefficient (Wildman–Crippen LogP) is 3.28. The van der Waals surface area contributed by atoms with Crippen molar-refractivity contribution in [3.8, 4) is 0 Å². The summed E-state index contributed by atoms with van der Waals surface area (Å²) in [4.78, 5) is 0. The van der Waals surface area contributed by atoms with Gasteiger partial charge >= 0.3 is 0 Å². The molecule has 1 rings (SSSR count). The summed E-state index contributed by atoms with van der Waals surface area (Å²) in [6.45, 7) is 6.69. The number of halogens is 1. The first-order chi connectivity index (χ1) is 5.68. The maximum absolute atomic E-state index is 3.83. The summed E-state index contributed by atoms with van der Waals surface area (Å²) < 4.78 is 1.25. The molecule has 0 atom stereocenters. The van der Waals surface area contributed by atoms with Crippen molar-refractivity contribution in [2.75, 3.05) is 11.9 Å². The zero-order valence-corrected chi connectivity index (χ0v) is 9.26. The normalized spacial score (nSPS) is 9.50. The second-order valence-electron chi connectivity index (χ2n) is 2.82. The molecule has 0 aromatic heterocycles. The van der Waals surface area contributed by atoms with Crippen LogP contribution in [0.5, 0.6) is 0 Å². The number of benzene rings is 1. The molecule has 0 radical (unpaired) electrons. The van der Waals surface area contributed by atoms with Gasteiger partial charge < -0.3 is 5.32 Å². The Kier molecular flexibility index (Phi) is 3.59. The van der Waals surface area contributed by atoms with Gasteiger partial charge in [-0.1, -0.05) is 18.2 Å². The van der Waals surface area contributed by atoms with E-state index in [1.54, 1.807) is 0 Å². The summed E-state index contributed by atoms with van der Waals surface area (Å²) in [5.74, 6) is 0. The van der Waals surface area contributed by atoms with Crippen molar-refractivity contribution in [2.45, 2.75) is 6.92 Å². The molecule has 0 saturated carbocycles. The van der Waals surface area contributed by atoms with Crippen molar-refractivity contribution < 1.29 is 0 Å². The van der Waals surface area contributed by atoms with E-state index in [0.717, 1.165) is 17.8 Å². The summed E-state index contributed by atoms with van der Waals surface area (Å²) in [6.07, 6.45) is 0. The Balaban J connectivity index is 2.57. The van der Waals surface area contributed by atoms with Gasteiger partial charge in [0.1, 0.15) is 0 Å². The summed E-state index contributed by atoms with van der Waals surface area (Å²) >= 11 is 2.30. The monoisotopic (exact) mass is 273 g/mol. The number of nitrogens with one attached hydrogen (secondary N) is 1. The fourth-order valence-electron chi connectivity index (χ4n) is 0.851. The van der Waals surface area contributed by atoms with Gasteiger partial charge in [0.2, 0.25) is 0 Å². The lowest BCUT2D eigenvalue weighted by Gasteiger charge is -2.05. The molecule has 1 N–H and O–H groups in total. The first-order valence-corrected chi connectivity index (χ1v) is 4.90. The molecular formula is C10H12IN. The van der Waals surface area contributed by atoms with Gasteiger partial charge in [-0.05, 0) is 47.7 Å². The first-order valence-electron chi connectivity index (χ1n) is 3.82. The molecule has 0 amide bonds. The number of rotatable bonds is 3. The van der Waals surface area contributed by atoms with Crippen LogP contribution < -0.4 is 5.32 Å². The molecule has 12 heavy (non-hydrogen) atoms. The molecule has 0 aliphatic carbocycles. The third kappa shape index (κ3) is 3.26. The number of hydrogen-bond donors (Lipinski definition) is 1. The standard InChI is InChI=1S/C10H12IN/c1-8(2)7-12-10-5-3-4-9(11)6-10/h3-6,12H,1,7H2,2H3. The first kappa shape index (κ1) is 9.58. The minimum atomic E-state index is 0.847. The SMILES string of the molecule is C=C(C)CNc1cccc(I)c1. The van der Waals surface area contributed by atoms with Crippen LogP contribution in [0.15, 0.2) is 36.4 Å². The van der Waals surface area contributed by atoms with Gasteiger partial charge in [-0.3, -0.25) is 0 Å². The minimum absolute atomic E-state index is 0.847. The Labute approximate surface area is 87.0 Å². The Morgan fingerprint density at radius 1 is 1.58 bits per heavy atom. The van der Waals surface area contributed by atoms with E-state index in [1.165, 1.54) is 3.57 Å². The van der Waals surface area contributed by atoms with E-state index in [4.69, 9.17) is 0 Å². The largest absolute Gasteiger partial charge is 0.381 e. The topological polar surface area (TPSA) is 12.0 Å². The highest BCUT2D eigenvalue weighted by Crippen LogP contribution is 2.12. The third-order valence-corrected chi connectivity index (χ3v) is 2.09. The predicted molar refractivity (Wildman–Crippen MR) is 62.5 cm³/mol. The van der Waals surface area contributed by atoms with Gasteiger partial charge in [0.05, 0.1) is 0 Å². The molecule has 1 nitrogen and oxygen atoms in total. The lowest BCUT2D eigenvalue weighted by atomic mass is 10.3. The molecule has 0 aliphatic heterocycles. The highest BCUT2D eigenvalue weighted by molar-refractivity contribution is 14.1. The van der Waals surface area contributed by atoms with Crippen LogP contribution in [-0.4, -0.2) is 6.54 Å². The van der Waals surface area contributed by atoms with Crippen molar-refractivity contribution >= 4 is 28.3 Å². The van der Waals surface area contributed by atoms with Crippen molar-refractivity contribution in [3.63, 3.8) is 0 Å². The molecule has 0 unspecified atom stereocenters. The van der Waals surface area contributed by atoms with E-state index >= 15 is 0 Å². The van der Waals surface area contributed by atoms with E-state index in [2.05, 4.69) is 52.7 Å². The van der Waals surface area contributed by atoms with E-state index < -0.39 is 0 Å². The highest BCUT2D eigenvalue weighted by atomic mass is 127. The Hall–Kier alpha value is -0.510. The van der Waals surface area contributed by atoms with Crippen LogP contribution in [0, 0.1) is 3.57 Å². The van der Waals surface area contributed by atoms with Crippen molar-refractivity contribution in [2.24, 2.45) is 0 Å². The van der Waals surface area contributed by atoms with Gasteiger partial charge in [0.25, 0.3) is 0 Å². The Bertz CT molecular complexity index is 281. The van der Waals surface area contributed by atoms with Gasteiger partial charge in [-0.25, -0.2) is 0 Å². The fourth-order valence-corrected chi connectivity index (χ4v) is 1.39. The molecule has 1 aromatic carbocycles. The van der Waals surface area contributed by atoms with Gasteiger partial charge in [0.15, 0.2) is 0 Å². The average Bonchev–Trinajstić information content (AvgIpc) is 2.01. The molecular weight excluding hydrogens is 261 g/mol. The summed E-state index contributed by atoms with van der Waals surface area (Å²) in [7, 11) is 0. The lowest BCUT2D eigenvalue weighted by molar-refractivity contribution is 1.22. The summed E-state index contributed by atoms with van der Waals surface area (Å²) in [6, 6.07) is 8.30. The van der Waals surface area contributed by atoms with Crippen LogP contribution in [-0.2, 0) is 0 Å². The number of hydrogen-bond acceptors (Lipinski definition) is 1. The van der Waals surface area contributed by atoms with Crippen LogP contribution in [0.4, 0.5) is 5.69 Å². The smallest absolute Gasteiger partial charge is 0.0354 e. The van der Waals surface area contributed by atoms with Crippen LogP contribution in [0.25, 0.3) is 0 Å². The fraction of sp³-hybridized carbons (Fsp3) is 0.200. The quantitative estimate of drug-likeness (QED) is 0.658. The highest BCUT2D eigenvalue weighted by Gasteiger charge is 1.91. The van der Waals surface area contributed by atoms with Crippen molar-refractivity contribution in [1.82, 2.24) is 0 Å². The Morgan fingerprint density at radius 3 is 2.92 bits per heavy atom. The lowest BCUT2D eigenvalue weighted by Crippen LogP contribution is -2.01. The second kappa shape index (κ2) is 4.50. The molecule has 1 aromatic rings. The maximum atomic E-state index is 3.83. The van der Waals surface area contributed by atoms with E-state index in [1.807, 2.05) is 13.0 Å². The zero-order valence-electron chi connectivity index (χ0n) is 7.10. The van der Waals surface area contributed by atoms with Gasteiger partial charge in [-0.2, -0.15) is 0 Å². The maximum Gasteiger partial charge on any atom is 0.0354 e. The molecule has 0 spiro atoms. The second-order valence-corrected chi connectivity index (χ2v) is 4.07.